The van der Waals surface area contributed by atoms with Crippen LogP contribution in [0.1, 0.15) is 44.2 Å². The lowest BCUT2D eigenvalue weighted by atomic mass is 9.92. The molecule has 1 N–H and O–H groups in total. The molecule has 4 heterocycles. The third kappa shape index (κ3) is 5.31. The zero-order valence-electron chi connectivity index (χ0n) is 16.9. The molecule has 0 radical (unpaired) electrons. The van der Waals surface area contributed by atoms with Crippen molar-refractivity contribution in [2.24, 2.45) is 5.92 Å². The number of carbonyl (C=O) groups is 1. The van der Waals surface area contributed by atoms with E-state index in [1.165, 1.54) is 12.8 Å². The van der Waals surface area contributed by atoms with Crippen molar-refractivity contribution in [2.45, 2.75) is 57.2 Å². The SMILES string of the molecule is O=C(NC[C@H]1CCCO1)C1CCN(C2CCN(Cc3ccccn3)CC2)CC1. The van der Waals surface area contributed by atoms with Crippen molar-refractivity contribution >= 4 is 5.91 Å². The molecule has 154 valence electrons. The highest BCUT2D eigenvalue weighted by molar-refractivity contribution is 5.78. The molecule has 0 bridgehead atoms. The summed E-state index contributed by atoms with van der Waals surface area (Å²) in [5.41, 5.74) is 1.16. The molecule has 0 unspecified atom stereocenters. The number of pyridine rings is 1. The fourth-order valence-corrected chi connectivity index (χ4v) is 4.85. The van der Waals surface area contributed by atoms with E-state index in [-0.39, 0.29) is 17.9 Å². The Hall–Kier alpha value is -1.50. The minimum absolute atomic E-state index is 0.182. The minimum Gasteiger partial charge on any atom is -0.376 e. The Morgan fingerprint density at radius 3 is 2.61 bits per heavy atom. The molecule has 3 fully saturated rings. The van der Waals surface area contributed by atoms with Crippen molar-refractivity contribution in [3.05, 3.63) is 30.1 Å². The zero-order chi connectivity index (χ0) is 19.2. The van der Waals surface area contributed by atoms with Crippen LogP contribution in [0.15, 0.2) is 24.4 Å². The fourth-order valence-electron chi connectivity index (χ4n) is 4.85. The van der Waals surface area contributed by atoms with Gasteiger partial charge in [0.2, 0.25) is 5.91 Å². The van der Waals surface area contributed by atoms with E-state index in [1.54, 1.807) is 0 Å². The number of carbonyl (C=O) groups excluding carboxylic acids is 1. The van der Waals surface area contributed by atoms with E-state index in [4.69, 9.17) is 4.74 Å². The second-order valence-electron chi connectivity index (χ2n) is 8.52. The highest BCUT2D eigenvalue weighted by Gasteiger charge is 2.31. The van der Waals surface area contributed by atoms with Gasteiger partial charge in [-0.1, -0.05) is 6.07 Å². The van der Waals surface area contributed by atoms with Crippen LogP contribution in [-0.2, 0) is 16.1 Å². The maximum Gasteiger partial charge on any atom is 0.223 e. The number of nitrogens with zero attached hydrogens (tertiary/aromatic N) is 3. The average molecular weight is 387 g/mol. The molecule has 0 aromatic carbocycles. The highest BCUT2D eigenvalue weighted by Crippen LogP contribution is 2.24. The lowest BCUT2D eigenvalue weighted by Gasteiger charge is -2.41. The third-order valence-corrected chi connectivity index (χ3v) is 6.61. The second kappa shape index (κ2) is 9.81. The van der Waals surface area contributed by atoms with Gasteiger partial charge in [0, 0.05) is 50.9 Å². The largest absolute Gasteiger partial charge is 0.376 e. The topological polar surface area (TPSA) is 57.7 Å². The van der Waals surface area contributed by atoms with Crippen LogP contribution >= 0.6 is 0 Å². The molecule has 0 spiro atoms. The molecule has 4 rings (SSSR count). The summed E-state index contributed by atoms with van der Waals surface area (Å²) in [4.78, 5) is 22.1. The lowest BCUT2D eigenvalue weighted by Crippen LogP contribution is -2.49. The highest BCUT2D eigenvalue weighted by atomic mass is 16.5. The van der Waals surface area contributed by atoms with E-state index in [9.17, 15) is 4.79 Å². The Bertz CT molecular complexity index is 604. The van der Waals surface area contributed by atoms with Crippen molar-refractivity contribution in [2.75, 3.05) is 39.3 Å². The smallest absolute Gasteiger partial charge is 0.223 e. The quantitative estimate of drug-likeness (QED) is 0.811. The van der Waals surface area contributed by atoms with E-state index < -0.39 is 0 Å². The number of hydrogen-bond donors (Lipinski definition) is 1. The van der Waals surface area contributed by atoms with Gasteiger partial charge in [-0.25, -0.2) is 0 Å². The average Bonchev–Trinajstić information content (AvgIpc) is 3.27. The van der Waals surface area contributed by atoms with E-state index in [0.29, 0.717) is 12.6 Å². The van der Waals surface area contributed by atoms with Crippen molar-refractivity contribution in [1.82, 2.24) is 20.1 Å². The van der Waals surface area contributed by atoms with Crippen molar-refractivity contribution in [3.8, 4) is 0 Å². The van der Waals surface area contributed by atoms with Crippen LogP contribution in [-0.4, -0.2) is 72.2 Å². The molecule has 28 heavy (non-hydrogen) atoms. The van der Waals surface area contributed by atoms with Crippen LogP contribution in [0.5, 0.6) is 0 Å². The Morgan fingerprint density at radius 2 is 1.93 bits per heavy atom. The van der Waals surface area contributed by atoms with E-state index in [1.807, 2.05) is 12.3 Å². The van der Waals surface area contributed by atoms with Crippen LogP contribution in [0.3, 0.4) is 0 Å². The van der Waals surface area contributed by atoms with E-state index >= 15 is 0 Å². The predicted octanol–water partition coefficient (Wildman–Crippen LogP) is 2.05. The Labute approximate surface area is 168 Å². The van der Waals surface area contributed by atoms with Crippen LogP contribution < -0.4 is 5.32 Å². The Morgan fingerprint density at radius 1 is 1.11 bits per heavy atom. The van der Waals surface area contributed by atoms with Gasteiger partial charge >= 0.3 is 0 Å². The van der Waals surface area contributed by atoms with Crippen molar-refractivity contribution in [3.63, 3.8) is 0 Å². The number of piperidine rings is 2. The Kier molecular flexibility index (Phi) is 6.94. The number of rotatable bonds is 6. The molecular formula is C22H34N4O2. The second-order valence-corrected chi connectivity index (χ2v) is 8.52. The maximum absolute atomic E-state index is 12.5. The fraction of sp³-hybridized carbons (Fsp3) is 0.727. The van der Waals surface area contributed by atoms with E-state index in [2.05, 4.69) is 32.2 Å². The minimum atomic E-state index is 0.182. The molecule has 1 atom stereocenters. The normalized spacial score (nSPS) is 25.8. The summed E-state index contributed by atoms with van der Waals surface area (Å²) in [5.74, 6) is 0.419. The molecule has 1 aromatic rings. The zero-order valence-corrected chi connectivity index (χ0v) is 16.9. The molecule has 1 aromatic heterocycles. The monoisotopic (exact) mass is 386 g/mol. The molecule has 3 aliphatic rings. The summed E-state index contributed by atoms with van der Waals surface area (Å²) in [6, 6.07) is 6.83. The van der Waals surface area contributed by atoms with Crippen LogP contribution in [0, 0.1) is 5.92 Å². The molecule has 0 saturated carbocycles. The molecule has 6 heteroatoms. The number of aromatic nitrogens is 1. The summed E-state index contributed by atoms with van der Waals surface area (Å²) >= 11 is 0. The summed E-state index contributed by atoms with van der Waals surface area (Å²) in [7, 11) is 0. The summed E-state index contributed by atoms with van der Waals surface area (Å²) in [5, 5.41) is 3.12. The van der Waals surface area contributed by atoms with Gasteiger partial charge < -0.3 is 15.0 Å². The summed E-state index contributed by atoms with van der Waals surface area (Å²) in [6.07, 6.45) is 8.75. The number of nitrogens with one attached hydrogen (secondary N) is 1. The Balaban J connectivity index is 1.15. The van der Waals surface area contributed by atoms with Gasteiger partial charge in [-0.2, -0.15) is 0 Å². The number of hydrogen-bond acceptors (Lipinski definition) is 5. The van der Waals surface area contributed by atoms with Gasteiger partial charge in [0.05, 0.1) is 11.8 Å². The van der Waals surface area contributed by atoms with Crippen LogP contribution in [0.4, 0.5) is 0 Å². The van der Waals surface area contributed by atoms with Crippen molar-refractivity contribution < 1.29 is 9.53 Å². The van der Waals surface area contributed by atoms with Gasteiger partial charge in [0.25, 0.3) is 0 Å². The van der Waals surface area contributed by atoms with Gasteiger partial charge in [-0.05, 0) is 63.7 Å². The molecule has 3 aliphatic heterocycles. The summed E-state index contributed by atoms with van der Waals surface area (Å²) in [6.45, 7) is 6.89. The third-order valence-electron chi connectivity index (χ3n) is 6.61. The molecular weight excluding hydrogens is 352 g/mol. The standard InChI is InChI=1S/C22H34N4O2/c27-22(24-16-21-5-3-15-28-21)18-6-13-26(14-7-18)20-8-11-25(12-9-20)17-19-4-1-2-10-23-19/h1-2,4,10,18,20-21H,3,5-9,11-17H2,(H,24,27)/t21-/m1/s1. The first-order valence-electron chi connectivity index (χ1n) is 11.0. The lowest BCUT2D eigenvalue weighted by molar-refractivity contribution is -0.127. The molecule has 0 aliphatic carbocycles. The molecule has 1 amide bonds. The summed E-state index contributed by atoms with van der Waals surface area (Å²) < 4.78 is 5.60. The number of likely N-dealkylation sites (tertiary alicyclic amines) is 2. The van der Waals surface area contributed by atoms with Crippen molar-refractivity contribution in [1.29, 1.82) is 0 Å². The first kappa shape index (κ1) is 19.8. The van der Waals surface area contributed by atoms with Crippen LogP contribution in [0.25, 0.3) is 0 Å². The number of amides is 1. The molecule has 3 saturated heterocycles. The number of ether oxygens (including phenoxy) is 1. The van der Waals surface area contributed by atoms with E-state index in [0.717, 1.165) is 70.7 Å². The molecule has 6 nitrogen and oxygen atoms in total. The first-order valence-corrected chi connectivity index (χ1v) is 11.0. The van der Waals surface area contributed by atoms with Gasteiger partial charge in [0.15, 0.2) is 0 Å². The van der Waals surface area contributed by atoms with Crippen LogP contribution in [0.2, 0.25) is 0 Å². The van der Waals surface area contributed by atoms with Gasteiger partial charge in [-0.15, -0.1) is 0 Å². The first-order chi connectivity index (χ1) is 13.8. The maximum atomic E-state index is 12.5. The predicted molar refractivity (Wildman–Crippen MR) is 109 cm³/mol. The van der Waals surface area contributed by atoms with Gasteiger partial charge in [-0.3, -0.25) is 14.7 Å². The van der Waals surface area contributed by atoms with Gasteiger partial charge in [0.1, 0.15) is 0 Å².